The second-order valence-corrected chi connectivity index (χ2v) is 9.74. The van der Waals surface area contributed by atoms with Crippen LogP contribution in [0.5, 0.6) is 5.75 Å². The first kappa shape index (κ1) is 20.0. The minimum atomic E-state index is 0.101. The molecule has 1 N–H and O–H groups in total. The van der Waals surface area contributed by atoms with Gasteiger partial charge in [0.05, 0.1) is 15.0 Å². The first-order valence-corrected chi connectivity index (χ1v) is 9.38. The quantitative estimate of drug-likeness (QED) is 0.566. The molecule has 0 amide bonds. The lowest BCUT2D eigenvalue weighted by Crippen LogP contribution is -2.41. The summed E-state index contributed by atoms with van der Waals surface area (Å²) in [5, 5.41) is 3.66. The van der Waals surface area contributed by atoms with Crippen LogP contribution in [0.4, 0.5) is 0 Å². The van der Waals surface area contributed by atoms with Crippen molar-refractivity contribution in [2.45, 2.75) is 73.1 Å². The molecule has 0 aliphatic rings. The van der Waals surface area contributed by atoms with E-state index in [0.717, 1.165) is 27.7 Å². The molecule has 126 valence electrons. The predicted octanol–water partition coefficient (Wildman–Crippen LogP) is 6.30. The first-order valence-electron chi connectivity index (χ1n) is 7.79. The van der Waals surface area contributed by atoms with Crippen molar-refractivity contribution in [3.63, 3.8) is 0 Å². The maximum atomic E-state index is 5.83. The maximum Gasteiger partial charge on any atom is 0.148 e. The molecule has 0 saturated heterocycles. The van der Waals surface area contributed by atoms with Crippen molar-refractivity contribution in [3.05, 3.63) is 26.6 Å². The summed E-state index contributed by atoms with van der Waals surface area (Å²) in [6.45, 7) is 16.3. The van der Waals surface area contributed by atoms with E-state index in [4.69, 9.17) is 4.74 Å². The molecule has 0 bridgehead atoms. The first-order chi connectivity index (χ1) is 9.89. The third-order valence-corrected chi connectivity index (χ3v) is 4.33. The zero-order valence-corrected chi connectivity index (χ0v) is 18.0. The van der Waals surface area contributed by atoms with E-state index in [1.165, 1.54) is 5.56 Å². The highest BCUT2D eigenvalue weighted by Gasteiger charge is 2.24. The number of benzene rings is 1. The second kappa shape index (κ2) is 7.67. The Hall–Kier alpha value is -0.0600. The molecule has 0 spiro atoms. The average Bonchev–Trinajstić information content (AvgIpc) is 2.28. The number of ether oxygens (including phenoxy) is 1. The molecular weight excluding hydrogens is 406 g/mol. The zero-order chi connectivity index (χ0) is 17.1. The molecule has 0 radical (unpaired) electrons. The molecule has 0 atom stereocenters. The molecule has 1 aromatic carbocycles. The van der Waals surface area contributed by atoms with Gasteiger partial charge in [-0.05, 0) is 89.1 Å². The van der Waals surface area contributed by atoms with Gasteiger partial charge in [0.25, 0.3) is 0 Å². The van der Waals surface area contributed by atoms with Gasteiger partial charge >= 0.3 is 0 Å². The summed E-state index contributed by atoms with van der Waals surface area (Å²) < 4.78 is 7.80. The van der Waals surface area contributed by atoms with Gasteiger partial charge in [-0.15, -0.1) is 0 Å². The van der Waals surface area contributed by atoms with Crippen molar-refractivity contribution >= 4 is 31.9 Å². The zero-order valence-electron chi connectivity index (χ0n) is 14.8. The predicted molar refractivity (Wildman–Crippen MR) is 103 cm³/mol. The van der Waals surface area contributed by atoms with Crippen LogP contribution in [0.1, 0.15) is 60.5 Å². The number of hydrogen-bond donors (Lipinski definition) is 1. The molecule has 0 saturated carbocycles. The van der Waals surface area contributed by atoms with Crippen molar-refractivity contribution in [1.82, 2.24) is 5.32 Å². The van der Waals surface area contributed by atoms with Gasteiger partial charge in [-0.3, -0.25) is 0 Å². The molecule has 1 rings (SSSR count). The molecule has 0 aliphatic carbocycles. The Morgan fingerprint density at radius 3 is 1.95 bits per heavy atom. The van der Waals surface area contributed by atoms with Crippen LogP contribution in [-0.4, -0.2) is 11.6 Å². The SMILES string of the molecule is CC(C)Oc1c(Br)cc(CNC(C)(C)CC(C)(C)C)cc1Br. The lowest BCUT2D eigenvalue weighted by Gasteiger charge is -2.33. The van der Waals surface area contributed by atoms with Crippen molar-refractivity contribution in [1.29, 1.82) is 0 Å². The van der Waals surface area contributed by atoms with Crippen LogP contribution in [0.2, 0.25) is 0 Å². The Balaban J connectivity index is 2.79. The van der Waals surface area contributed by atoms with E-state index in [1.807, 2.05) is 13.8 Å². The van der Waals surface area contributed by atoms with Crippen LogP contribution < -0.4 is 10.1 Å². The van der Waals surface area contributed by atoms with E-state index < -0.39 is 0 Å². The average molecular weight is 435 g/mol. The van der Waals surface area contributed by atoms with Crippen LogP contribution in [0, 0.1) is 5.41 Å². The Morgan fingerprint density at radius 2 is 1.55 bits per heavy atom. The largest absolute Gasteiger partial charge is 0.489 e. The molecular formula is C18H29Br2NO. The van der Waals surface area contributed by atoms with Gasteiger partial charge in [0.2, 0.25) is 0 Å². The van der Waals surface area contributed by atoms with Crippen LogP contribution in [0.15, 0.2) is 21.1 Å². The highest BCUT2D eigenvalue weighted by atomic mass is 79.9. The highest BCUT2D eigenvalue weighted by molar-refractivity contribution is 9.11. The minimum Gasteiger partial charge on any atom is -0.489 e. The molecule has 0 fully saturated rings. The Labute approximate surface area is 152 Å². The number of rotatable bonds is 6. The van der Waals surface area contributed by atoms with Crippen LogP contribution in [0.25, 0.3) is 0 Å². The van der Waals surface area contributed by atoms with Crippen LogP contribution in [0.3, 0.4) is 0 Å². The molecule has 22 heavy (non-hydrogen) atoms. The van der Waals surface area contributed by atoms with Gasteiger partial charge in [-0.2, -0.15) is 0 Å². The molecule has 4 heteroatoms. The molecule has 0 aliphatic heterocycles. The van der Waals surface area contributed by atoms with E-state index in [9.17, 15) is 0 Å². The molecule has 2 nitrogen and oxygen atoms in total. The lowest BCUT2D eigenvalue weighted by atomic mass is 9.82. The maximum absolute atomic E-state index is 5.83. The van der Waals surface area contributed by atoms with Gasteiger partial charge < -0.3 is 10.1 Å². The van der Waals surface area contributed by atoms with E-state index in [1.54, 1.807) is 0 Å². The summed E-state index contributed by atoms with van der Waals surface area (Å²) in [6, 6.07) is 4.26. The Kier molecular flexibility index (Phi) is 6.97. The summed E-state index contributed by atoms with van der Waals surface area (Å²) in [4.78, 5) is 0. The molecule has 0 heterocycles. The fourth-order valence-corrected chi connectivity index (χ4v) is 4.26. The highest BCUT2D eigenvalue weighted by Crippen LogP contribution is 2.36. The lowest BCUT2D eigenvalue weighted by molar-refractivity contribution is 0.238. The van der Waals surface area contributed by atoms with Crippen molar-refractivity contribution in [3.8, 4) is 5.75 Å². The van der Waals surface area contributed by atoms with Gasteiger partial charge in [-0.1, -0.05) is 20.8 Å². The summed E-state index contributed by atoms with van der Waals surface area (Å²) in [6.07, 6.45) is 1.28. The third-order valence-electron chi connectivity index (χ3n) is 3.15. The topological polar surface area (TPSA) is 21.3 Å². The molecule has 1 aromatic rings. The minimum absolute atomic E-state index is 0.101. The second-order valence-electron chi connectivity index (χ2n) is 8.03. The van der Waals surface area contributed by atoms with E-state index >= 15 is 0 Å². The summed E-state index contributed by atoms with van der Waals surface area (Å²) >= 11 is 7.23. The monoisotopic (exact) mass is 433 g/mol. The van der Waals surface area contributed by atoms with E-state index in [2.05, 4.69) is 83.9 Å². The van der Waals surface area contributed by atoms with Gasteiger partial charge in [0.15, 0.2) is 0 Å². The Bertz CT molecular complexity index is 481. The van der Waals surface area contributed by atoms with Gasteiger partial charge in [0.1, 0.15) is 5.75 Å². The standard InChI is InChI=1S/C18H29Br2NO/c1-12(2)22-16-14(19)8-13(9-15(16)20)10-21-18(6,7)11-17(3,4)5/h8-9,12,21H,10-11H2,1-7H3. The summed E-state index contributed by atoms with van der Waals surface area (Å²) in [5.41, 5.74) is 1.65. The van der Waals surface area contributed by atoms with Crippen molar-refractivity contribution < 1.29 is 4.74 Å². The summed E-state index contributed by atoms with van der Waals surface area (Å²) in [7, 11) is 0. The van der Waals surface area contributed by atoms with Crippen LogP contribution in [-0.2, 0) is 6.54 Å². The van der Waals surface area contributed by atoms with E-state index in [-0.39, 0.29) is 11.6 Å². The number of halogens is 2. The fourth-order valence-electron chi connectivity index (χ4n) is 2.79. The van der Waals surface area contributed by atoms with Gasteiger partial charge in [-0.25, -0.2) is 0 Å². The van der Waals surface area contributed by atoms with Crippen molar-refractivity contribution in [2.75, 3.05) is 0 Å². The molecule has 0 aromatic heterocycles. The number of nitrogens with one attached hydrogen (secondary N) is 1. The van der Waals surface area contributed by atoms with E-state index in [0.29, 0.717) is 5.41 Å². The smallest absolute Gasteiger partial charge is 0.148 e. The normalized spacial score (nSPS) is 12.8. The van der Waals surface area contributed by atoms with Crippen molar-refractivity contribution in [2.24, 2.45) is 5.41 Å². The summed E-state index contributed by atoms with van der Waals surface area (Å²) in [5.74, 6) is 0.868. The fraction of sp³-hybridized carbons (Fsp3) is 0.667. The third kappa shape index (κ3) is 7.01. The number of hydrogen-bond acceptors (Lipinski definition) is 2. The molecule has 0 unspecified atom stereocenters. The van der Waals surface area contributed by atoms with Crippen LogP contribution >= 0.6 is 31.9 Å². The van der Waals surface area contributed by atoms with Gasteiger partial charge in [0, 0.05) is 12.1 Å². The Morgan fingerprint density at radius 1 is 1.05 bits per heavy atom.